The lowest BCUT2D eigenvalue weighted by Gasteiger charge is -2.26. The van der Waals surface area contributed by atoms with Gasteiger partial charge < -0.3 is 25.0 Å². The Kier molecular flexibility index (Phi) is 8.64. The lowest BCUT2D eigenvalue weighted by molar-refractivity contribution is -0.113. The third-order valence-electron chi connectivity index (χ3n) is 6.77. The van der Waals surface area contributed by atoms with Gasteiger partial charge in [0.25, 0.3) is 0 Å². The van der Waals surface area contributed by atoms with Crippen molar-refractivity contribution in [2.24, 2.45) is 0 Å². The number of aromatic nitrogens is 2. The largest absolute Gasteiger partial charge is 0.481 e. The smallest absolute Gasteiger partial charge is 0.414 e. The molecule has 2 amide bonds. The zero-order chi connectivity index (χ0) is 28.2. The van der Waals surface area contributed by atoms with Gasteiger partial charge in [0.2, 0.25) is 11.8 Å². The average Bonchev–Trinajstić information content (AvgIpc) is 3.32. The van der Waals surface area contributed by atoms with E-state index < -0.39 is 30.7 Å². The number of ether oxygens (including phenoxy) is 2. The minimum atomic E-state index is -0.987. The van der Waals surface area contributed by atoms with Gasteiger partial charge in [-0.1, -0.05) is 0 Å². The summed E-state index contributed by atoms with van der Waals surface area (Å²) >= 11 is 1.44. The zero-order valence-electron chi connectivity index (χ0n) is 21.9. The van der Waals surface area contributed by atoms with E-state index in [1.165, 1.54) is 30.0 Å². The summed E-state index contributed by atoms with van der Waals surface area (Å²) in [5.74, 6) is 0.158. The number of aryl methyl sites for hydroxylation is 1. The zero-order valence-corrected chi connectivity index (χ0v) is 22.7. The molecular weight excluding hydrogens is 541 g/mol. The molecule has 3 aromatic rings. The van der Waals surface area contributed by atoms with Crippen LogP contribution in [0.4, 0.5) is 20.6 Å². The molecule has 4 heterocycles. The number of aliphatic hydroxyl groups excluding tert-OH is 2. The van der Waals surface area contributed by atoms with Gasteiger partial charge in [0.15, 0.2) is 0 Å². The number of amides is 2. The molecule has 0 radical (unpaired) electrons. The van der Waals surface area contributed by atoms with Crippen LogP contribution in [0, 0.1) is 5.82 Å². The molecule has 2 unspecified atom stereocenters. The maximum Gasteiger partial charge on any atom is 0.414 e. The molecule has 40 heavy (non-hydrogen) atoms. The van der Waals surface area contributed by atoms with Crippen LogP contribution < -0.4 is 15.0 Å². The Labute approximate surface area is 234 Å². The Morgan fingerprint density at radius 2 is 2.17 bits per heavy atom. The van der Waals surface area contributed by atoms with E-state index in [4.69, 9.17) is 9.47 Å². The number of aliphatic hydroxyl groups is 2. The van der Waals surface area contributed by atoms with E-state index in [2.05, 4.69) is 15.3 Å². The molecule has 1 aromatic carbocycles. The van der Waals surface area contributed by atoms with Gasteiger partial charge in [0.1, 0.15) is 11.9 Å². The summed E-state index contributed by atoms with van der Waals surface area (Å²) in [5.41, 5.74) is 2.68. The highest BCUT2D eigenvalue weighted by molar-refractivity contribution is 8.00. The molecule has 2 aliphatic rings. The quantitative estimate of drug-likeness (QED) is 0.315. The highest BCUT2D eigenvalue weighted by Crippen LogP contribution is 2.35. The van der Waals surface area contributed by atoms with Gasteiger partial charge in [-0.3, -0.25) is 19.6 Å². The Balaban J connectivity index is 1.25. The van der Waals surface area contributed by atoms with Crippen molar-refractivity contribution in [1.82, 2.24) is 14.9 Å². The molecule has 212 valence electrons. The standard InChI is InChI=1S/C27H30FN5O6S/c1-38-25-7-5-21-26(31-25)19(20(28)10-29-21)3-2-8-32(11-17(35)14-34)12-18-13-33(27(37)39-18)16-4-6-23-22(9-16)30-24(36)15-40-23/h4-7,9-10,17-18,34-35H,2-3,8,11-15H2,1H3,(H,30,36). The van der Waals surface area contributed by atoms with Crippen LogP contribution >= 0.6 is 11.8 Å². The van der Waals surface area contributed by atoms with E-state index in [1.54, 1.807) is 18.2 Å². The second-order valence-electron chi connectivity index (χ2n) is 9.64. The minimum Gasteiger partial charge on any atom is -0.481 e. The van der Waals surface area contributed by atoms with E-state index in [0.717, 1.165) is 4.90 Å². The molecule has 3 N–H and O–H groups in total. The molecular formula is C27H30FN5O6S. The van der Waals surface area contributed by atoms with Crippen molar-refractivity contribution >= 4 is 46.2 Å². The first-order valence-corrected chi connectivity index (χ1v) is 13.9. The molecule has 1 saturated heterocycles. The number of cyclic esters (lactones) is 1. The molecule has 2 aromatic heterocycles. The fraction of sp³-hybridized carbons (Fsp3) is 0.407. The summed E-state index contributed by atoms with van der Waals surface area (Å²) in [6.45, 7) is 0.762. The van der Waals surface area contributed by atoms with Crippen LogP contribution in [0.15, 0.2) is 41.4 Å². The summed E-state index contributed by atoms with van der Waals surface area (Å²) in [7, 11) is 1.49. The summed E-state index contributed by atoms with van der Waals surface area (Å²) in [4.78, 5) is 37.3. The van der Waals surface area contributed by atoms with E-state index in [-0.39, 0.29) is 19.0 Å². The van der Waals surface area contributed by atoms with Crippen LogP contribution in [-0.4, -0.2) is 94.9 Å². The number of methoxy groups -OCH3 is 1. The Hall–Kier alpha value is -3.52. The highest BCUT2D eigenvalue weighted by atomic mass is 32.2. The van der Waals surface area contributed by atoms with Gasteiger partial charge in [-0.25, -0.2) is 14.2 Å². The third kappa shape index (κ3) is 6.28. The van der Waals surface area contributed by atoms with Gasteiger partial charge >= 0.3 is 6.09 Å². The molecule has 5 rings (SSSR count). The van der Waals surface area contributed by atoms with Crippen molar-refractivity contribution in [3.8, 4) is 5.88 Å². The molecule has 1 fully saturated rings. The van der Waals surface area contributed by atoms with Crippen LogP contribution in [0.5, 0.6) is 5.88 Å². The van der Waals surface area contributed by atoms with Crippen LogP contribution in [0.2, 0.25) is 0 Å². The van der Waals surface area contributed by atoms with Gasteiger partial charge in [-0.2, -0.15) is 0 Å². The second kappa shape index (κ2) is 12.3. The summed E-state index contributed by atoms with van der Waals surface area (Å²) in [5, 5.41) is 22.4. The molecule has 2 atom stereocenters. The number of rotatable bonds is 11. The number of thioether (sulfide) groups is 1. The number of fused-ring (bicyclic) bond motifs is 2. The maximum absolute atomic E-state index is 14.7. The van der Waals surface area contributed by atoms with E-state index in [9.17, 15) is 24.2 Å². The van der Waals surface area contributed by atoms with Gasteiger partial charge in [0, 0.05) is 35.3 Å². The molecule has 13 heteroatoms. The topological polar surface area (TPSA) is 137 Å². The molecule has 0 aliphatic carbocycles. The third-order valence-corrected chi connectivity index (χ3v) is 7.85. The van der Waals surface area contributed by atoms with Gasteiger partial charge in [0.05, 0.1) is 55.0 Å². The van der Waals surface area contributed by atoms with E-state index in [1.807, 2.05) is 17.0 Å². The SMILES string of the molecule is COc1ccc2ncc(F)c(CCCN(CC(O)CO)CC3CN(c4ccc5c(c4)NC(=O)CS5)C(=O)O3)c2n1. The first-order chi connectivity index (χ1) is 19.3. The van der Waals surface area contributed by atoms with Crippen LogP contribution in [0.3, 0.4) is 0 Å². The monoisotopic (exact) mass is 571 g/mol. The summed E-state index contributed by atoms with van der Waals surface area (Å²) < 4.78 is 25.5. The number of pyridine rings is 2. The highest BCUT2D eigenvalue weighted by Gasteiger charge is 2.34. The fourth-order valence-electron chi connectivity index (χ4n) is 4.88. The summed E-state index contributed by atoms with van der Waals surface area (Å²) in [6, 6.07) is 8.83. The summed E-state index contributed by atoms with van der Waals surface area (Å²) in [6.07, 6.45) is 0.0532. The number of carbonyl (C=O) groups excluding carboxylic acids is 2. The molecule has 0 bridgehead atoms. The Morgan fingerprint density at radius 3 is 2.98 bits per heavy atom. The number of nitrogens with one attached hydrogen (secondary N) is 1. The Morgan fingerprint density at radius 1 is 1.32 bits per heavy atom. The molecule has 2 aliphatic heterocycles. The average molecular weight is 572 g/mol. The van der Waals surface area contributed by atoms with Gasteiger partial charge in [-0.15, -0.1) is 11.8 Å². The van der Waals surface area contributed by atoms with Crippen molar-refractivity contribution in [1.29, 1.82) is 0 Å². The molecule has 0 saturated carbocycles. The fourth-order valence-corrected chi connectivity index (χ4v) is 5.66. The number of hydrogen-bond acceptors (Lipinski definition) is 10. The Bertz CT molecular complexity index is 1410. The number of halogens is 1. The predicted molar refractivity (Wildman–Crippen MR) is 147 cm³/mol. The number of anilines is 2. The van der Waals surface area contributed by atoms with Crippen LogP contribution in [0.1, 0.15) is 12.0 Å². The van der Waals surface area contributed by atoms with Crippen LogP contribution in [-0.2, 0) is 16.0 Å². The molecule has 11 nitrogen and oxygen atoms in total. The van der Waals surface area contributed by atoms with Crippen molar-refractivity contribution in [3.05, 3.63) is 47.9 Å². The van der Waals surface area contributed by atoms with Gasteiger partial charge in [-0.05, 0) is 43.7 Å². The van der Waals surface area contributed by atoms with E-state index >= 15 is 0 Å². The maximum atomic E-state index is 14.7. The number of carbonyl (C=O) groups is 2. The minimum absolute atomic E-state index is 0.0934. The number of benzene rings is 1. The van der Waals surface area contributed by atoms with Crippen LogP contribution in [0.25, 0.3) is 11.0 Å². The van der Waals surface area contributed by atoms with Crippen molar-refractivity contribution in [2.75, 3.05) is 55.9 Å². The number of hydrogen-bond donors (Lipinski definition) is 3. The first kappa shape index (κ1) is 28.0. The first-order valence-electron chi connectivity index (χ1n) is 12.9. The van der Waals surface area contributed by atoms with Crippen molar-refractivity contribution in [2.45, 2.75) is 29.9 Å². The lowest BCUT2D eigenvalue weighted by Crippen LogP contribution is -2.41. The second-order valence-corrected chi connectivity index (χ2v) is 10.7. The lowest BCUT2D eigenvalue weighted by atomic mass is 10.1. The van der Waals surface area contributed by atoms with Crippen molar-refractivity contribution < 1.29 is 33.7 Å². The van der Waals surface area contributed by atoms with Crippen molar-refractivity contribution in [3.63, 3.8) is 0 Å². The molecule has 0 spiro atoms. The predicted octanol–water partition coefficient (Wildman–Crippen LogP) is 2.43. The normalized spacial score (nSPS) is 17.6. The number of nitrogens with zero attached hydrogens (tertiary/aromatic N) is 4. The van der Waals surface area contributed by atoms with E-state index in [0.29, 0.717) is 65.5 Å².